The minimum atomic E-state index is -0.456. The van der Waals surface area contributed by atoms with Crippen LogP contribution in [0.1, 0.15) is 40.0 Å². The second-order valence-electron chi connectivity index (χ2n) is 5.22. The molecule has 0 aromatic rings. The first-order chi connectivity index (χ1) is 7.90. The van der Waals surface area contributed by atoms with Crippen molar-refractivity contribution in [3.8, 4) is 0 Å². The summed E-state index contributed by atoms with van der Waals surface area (Å²) in [6, 6.07) is 0. The minimum absolute atomic E-state index is 0.0428. The van der Waals surface area contributed by atoms with Gasteiger partial charge in [0.1, 0.15) is 5.60 Å². The molecule has 2 atom stereocenters. The predicted octanol–water partition coefficient (Wildman–Crippen LogP) is 0.775. The van der Waals surface area contributed by atoms with E-state index >= 15 is 0 Å². The average molecular weight is 242 g/mol. The van der Waals surface area contributed by atoms with Crippen LogP contribution < -0.4 is 5.73 Å². The lowest BCUT2D eigenvalue weighted by Crippen LogP contribution is -2.37. The highest BCUT2D eigenvalue weighted by atomic mass is 16.6. The van der Waals surface area contributed by atoms with Gasteiger partial charge in [0.2, 0.25) is 0 Å². The van der Waals surface area contributed by atoms with Crippen LogP contribution in [0.25, 0.3) is 0 Å². The topological polar surface area (TPSA) is 70.8 Å². The Kier molecular flexibility index (Phi) is 5.43. The van der Waals surface area contributed by atoms with Crippen LogP contribution in [0.15, 0.2) is 0 Å². The van der Waals surface area contributed by atoms with Crippen molar-refractivity contribution < 1.29 is 18.8 Å². The van der Waals surface area contributed by atoms with Gasteiger partial charge in [-0.1, -0.05) is 0 Å². The molecule has 1 radical (unpaired) electrons. The summed E-state index contributed by atoms with van der Waals surface area (Å²) in [5.41, 5.74) is 5.01. The first kappa shape index (κ1) is 14.5. The Morgan fingerprint density at radius 3 is 2.65 bits per heavy atom. The zero-order chi connectivity index (χ0) is 12.9. The lowest BCUT2D eigenvalue weighted by Gasteiger charge is -2.29. The Bertz CT molecular complexity index is 252. The zero-order valence-electron chi connectivity index (χ0n) is 10.8. The maximum absolute atomic E-state index is 11.6. The van der Waals surface area contributed by atoms with Gasteiger partial charge in [0.15, 0.2) is 0 Å². The van der Waals surface area contributed by atoms with Crippen LogP contribution in [-0.2, 0) is 18.8 Å². The van der Waals surface area contributed by atoms with Crippen LogP contribution in [0, 0.1) is 0 Å². The molecule has 1 saturated heterocycles. The molecule has 0 aromatic carbocycles. The molecule has 0 spiro atoms. The highest BCUT2D eigenvalue weighted by molar-refractivity contribution is 6.18. The summed E-state index contributed by atoms with van der Waals surface area (Å²) in [4.78, 5) is 11.6. The maximum atomic E-state index is 11.6. The maximum Gasteiger partial charge on any atom is 0.488 e. The molecule has 1 unspecified atom stereocenters. The molecule has 1 heterocycles. The molecule has 5 nitrogen and oxygen atoms in total. The van der Waals surface area contributed by atoms with Crippen molar-refractivity contribution in [2.24, 2.45) is 5.73 Å². The minimum Gasteiger partial charge on any atom is -0.460 e. The third kappa shape index (κ3) is 6.05. The molecule has 2 N–H and O–H groups in total. The Morgan fingerprint density at radius 1 is 1.41 bits per heavy atom. The third-order valence-electron chi connectivity index (χ3n) is 2.32. The highest BCUT2D eigenvalue weighted by Gasteiger charge is 2.27. The Hall–Kier alpha value is -0.585. The number of rotatable bonds is 4. The molecule has 0 aliphatic carbocycles. The third-order valence-corrected chi connectivity index (χ3v) is 2.32. The second kappa shape index (κ2) is 6.38. The van der Waals surface area contributed by atoms with Crippen LogP contribution in [0.4, 0.5) is 0 Å². The predicted molar refractivity (Wildman–Crippen MR) is 64.3 cm³/mol. The standard InChI is InChI=1S/C11H21BNO4/c1-11(2,3)15-10(14)7-9-6-8(4-5-13)16-12-17-9/h8-9H,4-7,13H2,1-3H3/t8-,9?/m1/s1. The van der Waals surface area contributed by atoms with Crippen molar-refractivity contribution in [3.05, 3.63) is 0 Å². The summed E-state index contributed by atoms with van der Waals surface area (Å²) < 4.78 is 15.7. The molecule has 1 rings (SSSR count). The van der Waals surface area contributed by atoms with Gasteiger partial charge in [-0.15, -0.1) is 0 Å². The van der Waals surface area contributed by atoms with Gasteiger partial charge in [-0.05, 0) is 40.2 Å². The van der Waals surface area contributed by atoms with Crippen molar-refractivity contribution in [1.29, 1.82) is 0 Å². The SMILES string of the molecule is CC(C)(C)OC(=O)CC1C[C@@H](CCN)O[B]O1. The fourth-order valence-electron chi connectivity index (χ4n) is 1.67. The fraction of sp³-hybridized carbons (Fsp3) is 0.909. The van der Waals surface area contributed by atoms with E-state index in [9.17, 15) is 4.79 Å². The lowest BCUT2D eigenvalue weighted by molar-refractivity contribution is -0.157. The van der Waals surface area contributed by atoms with E-state index < -0.39 is 5.60 Å². The van der Waals surface area contributed by atoms with E-state index in [2.05, 4.69) is 0 Å². The molecule has 1 aliphatic rings. The van der Waals surface area contributed by atoms with Crippen LogP contribution in [0.3, 0.4) is 0 Å². The number of hydrogen-bond donors (Lipinski definition) is 1. The summed E-state index contributed by atoms with van der Waals surface area (Å²) in [5.74, 6) is -0.246. The molecule has 6 heteroatoms. The van der Waals surface area contributed by atoms with E-state index in [1.165, 1.54) is 7.69 Å². The summed E-state index contributed by atoms with van der Waals surface area (Å²) in [5, 5.41) is 0. The first-order valence-electron chi connectivity index (χ1n) is 5.95. The van der Waals surface area contributed by atoms with Crippen molar-refractivity contribution >= 4 is 13.7 Å². The van der Waals surface area contributed by atoms with Gasteiger partial charge in [0, 0.05) is 6.10 Å². The largest absolute Gasteiger partial charge is 0.488 e. The summed E-state index contributed by atoms with van der Waals surface area (Å²) >= 11 is 0. The van der Waals surface area contributed by atoms with Gasteiger partial charge < -0.3 is 19.8 Å². The van der Waals surface area contributed by atoms with Gasteiger partial charge in [0.25, 0.3) is 0 Å². The van der Waals surface area contributed by atoms with Crippen molar-refractivity contribution in [2.75, 3.05) is 6.54 Å². The number of nitrogens with two attached hydrogens (primary N) is 1. The molecule has 0 aromatic heterocycles. The van der Waals surface area contributed by atoms with Crippen LogP contribution in [0.5, 0.6) is 0 Å². The number of esters is 1. The van der Waals surface area contributed by atoms with E-state index in [4.69, 9.17) is 19.8 Å². The van der Waals surface area contributed by atoms with E-state index in [1.54, 1.807) is 0 Å². The number of carbonyl (C=O) groups is 1. The van der Waals surface area contributed by atoms with Gasteiger partial charge in [-0.3, -0.25) is 4.79 Å². The molecular weight excluding hydrogens is 221 g/mol. The number of hydrogen-bond acceptors (Lipinski definition) is 5. The molecular formula is C11H21BNO4. The number of ether oxygens (including phenoxy) is 1. The van der Waals surface area contributed by atoms with Crippen molar-refractivity contribution in [2.45, 2.75) is 57.8 Å². The van der Waals surface area contributed by atoms with E-state index in [-0.39, 0.29) is 24.6 Å². The lowest BCUT2D eigenvalue weighted by atomic mass is 10.0. The molecule has 1 aliphatic heterocycles. The van der Waals surface area contributed by atoms with E-state index in [0.29, 0.717) is 13.0 Å². The Labute approximate surface area is 103 Å². The molecule has 1 fully saturated rings. The van der Waals surface area contributed by atoms with Crippen molar-refractivity contribution in [3.63, 3.8) is 0 Å². The fourth-order valence-corrected chi connectivity index (χ4v) is 1.67. The summed E-state index contributed by atoms with van der Waals surface area (Å²) in [6.07, 6.45) is 1.56. The zero-order valence-corrected chi connectivity index (χ0v) is 10.8. The highest BCUT2D eigenvalue weighted by Crippen LogP contribution is 2.19. The van der Waals surface area contributed by atoms with Crippen LogP contribution in [-0.4, -0.2) is 38.0 Å². The Morgan fingerprint density at radius 2 is 2.06 bits per heavy atom. The average Bonchev–Trinajstić information content (AvgIpc) is 2.15. The molecule has 0 saturated carbocycles. The van der Waals surface area contributed by atoms with Crippen LogP contribution >= 0.6 is 0 Å². The van der Waals surface area contributed by atoms with Gasteiger partial charge in [-0.25, -0.2) is 0 Å². The number of carbonyl (C=O) groups excluding carboxylic acids is 1. The van der Waals surface area contributed by atoms with E-state index in [1.807, 2.05) is 20.8 Å². The van der Waals surface area contributed by atoms with Gasteiger partial charge in [-0.2, -0.15) is 0 Å². The quantitative estimate of drug-likeness (QED) is 0.582. The first-order valence-corrected chi connectivity index (χ1v) is 5.95. The Balaban J connectivity index is 2.33. The molecule has 17 heavy (non-hydrogen) atoms. The summed E-state index contributed by atoms with van der Waals surface area (Å²) in [7, 11) is 1.30. The molecule has 97 valence electrons. The van der Waals surface area contributed by atoms with Gasteiger partial charge in [0.05, 0.1) is 12.5 Å². The monoisotopic (exact) mass is 242 g/mol. The second-order valence-corrected chi connectivity index (χ2v) is 5.22. The smallest absolute Gasteiger partial charge is 0.460 e. The van der Waals surface area contributed by atoms with Crippen LogP contribution in [0.2, 0.25) is 0 Å². The summed E-state index contributed by atoms with van der Waals surface area (Å²) in [6.45, 7) is 6.11. The molecule has 0 bridgehead atoms. The van der Waals surface area contributed by atoms with Crippen molar-refractivity contribution in [1.82, 2.24) is 0 Å². The normalized spacial score (nSPS) is 25.2. The molecule has 0 amide bonds. The van der Waals surface area contributed by atoms with Gasteiger partial charge >= 0.3 is 13.7 Å². The van der Waals surface area contributed by atoms with E-state index in [0.717, 1.165) is 6.42 Å².